The smallest absolute Gasteiger partial charge is 0.246 e. The van der Waals surface area contributed by atoms with E-state index in [4.69, 9.17) is 5.11 Å². The number of nitrogens with one attached hydrogen (secondary N) is 1. The molecule has 2 N–H and O–H groups in total. The maximum absolute atomic E-state index is 11.3. The van der Waals surface area contributed by atoms with Gasteiger partial charge in [-0.2, -0.15) is 0 Å². The number of carbonyl (C=O) groups is 2. The van der Waals surface area contributed by atoms with Crippen LogP contribution in [0.25, 0.3) is 0 Å². The summed E-state index contributed by atoms with van der Waals surface area (Å²) in [5.74, 6) is -0.325. The average Bonchev–Trinajstić information content (AvgIpc) is 2.34. The van der Waals surface area contributed by atoms with Crippen molar-refractivity contribution >= 4 is 11.8 Å². The van der Waals surface area contributed by atoms with Gasteiger partial charge in [-0.15, -0.1) is 0 Å². The minimum Gasteiger partial charge on any atom is -0.396 e. The molecule has 0 spiro atoms. The van der Waals surface area contributed by atoms with E-state index in [1.165, 1.54) is 7.05 Å². The molecular formula is C8H14N2O3. The SMILES string of the molecule is CN1C(=O)CC(NCCCO)C1=O. The molecule has 1 rings (SSSR count). The number of rotatable bonds is 4. The van der Waals surface area contributed by atoms with Crippen molar-refractivity contribution < 1.29 is 14.7 Å². The molecule has 0 aromatic rings. The van der Waals surface area contributed by atoms with Crippen LogP contribution in [0, 0.1) is 0 Å². The molecule has 5 nitrogen and oxygen atoms in total. The minimum absolute atomic E-state index is 0.0949. The van der Waals surface area contributed by atoms with Crippen LogP contribution in [0.3, 0.4) is 0 Å². The van der Waals surface area contributed by atoms with Crippen LogP contribution in [0.2, 0.25) is 0 Å². The first-order valence-electron chi connectivity index (χ1n) is 4.31. The Labute approximate surface area is 76.7 Å². The second kappa shape index (κ2) is 4.34. The van der Waals surface area contributed by atoms with E-state index in [0.717, 1.165) is 4.90 Å². The van der Waals surface area contributed by atoms with Crippen molar-refractivity contribution in [3.8, 4) is 0 Å². The lowest BCUT2D eigenvalue weighted by molar-refractivity contribution is -0.137. The summed E-state index contributed by atoms with van der Waals surface area (Å²) in [6.45, 7) is 0.658. The summed E-state index contributed by atoms with van der Waals surface area (Å²) < 4.78 is 0. The lowest BCUT2D eigenvalue weighted by Gasteiger charge is -2.09. The first-order chi connectivity index (χ1) is 6.16. The van der Waals surface area contributed by atoms with Crippen LogP contribution in [-0.4, -0.2) is 48.1 Å². The third-order valence-electron chi connectivity index (χ3n) is 2.11. The van der Waals surface area contributed by atoms with Gasteiger partial charge >= 0.3 is 0 Å². The number of hydrogen-bond acceptors (Lipinski definition) is 4. The molecule has 5 heteroatoms. The van der Waals surface area contributed by atoms with E-state index in [2.05, 4.69) is 5.32 Å². The van der Waals surface area contributed by atoms with E-state index < -0.39 is 0 Å². The second-order valence-electron chi connectivity index (χ2n) is 3.08. The highest BCUT2D eigenvalue weighted by Gasteiger charge is 2.35. The second-order valence-corrected chi connectivity index (χ2v) is 3.08. The lowest BCUT2D eigenvalue weighted by atomic mass is 10.2. The molecule has 74 valence electrons. The normalized spacial score (nSPS) is 22.9. The lowest BCUT2D eigenvalue weighted by Crippen LogP contribution is -2.37. The third kappa shape index (κ3) is 2.26. The predicted octanol–water partition coefficient (Wildman–Crippen LogP) is -1.28. The van der Waals surface area contributed by atoms with Crippen LogP contribution in [-0.2, 0) is 9.59 Å². The fraction of sp³-hybridized carbons (Fsp3) is 0.750. The van der Waals surface area contributed by atoms with Gasteiger partial charge in [-0.1, -0.05) is 0 Å². The minimum atomic E-state index is -0.385. The van der Waals surface area contributed by atoms with E-state index in [0.29, 0.717) is 13.0 Å². The maximum Gasteiger partial charge on any atom is 0.246 e. The maximum atomic E-state index is 11.3. The Hall–Kier alpha value is -0.940. The molecule has 1 aliphatic heterocycles. The van der Waals surface area contributed by atoms with Crippen LogP contribution in [0.1, 0.15) is 12.8 Å². The summed E-state index contributed by atoms with van der Waals surface area (Å²) in [6, 6.07) is -0.385. The summed E-state index contributed by atoms with van der Waals surface area (Å²) in [5, 5.41) is 11.4. The van der Waals surface area contributed by atoms with Gasteiger partial charge in [0.1, 0.15) is 0 Å². The zero-order valence-corrected chi connectivity index (χ0v) is 7.62. The van der Waals surface area contributed by atoms with Gasteiger partial charge in [-0.25, -0.2) is 0 Å². The van der Waals surface area contributed by atoms with Crippen LogP contribution in [0.15, 0.2) is 0 Å². The summed E-state index contributed by atoms with van der Waals surface area (Å²) >= 11 is 0. The van der Waals surface area contributed by atoms with Crippen LogP contribution < -0.4 is 5.32 Å². The van der Waals surface area contributed by atoms with E-state index in [1.54, 1.807) is 0 Å². The molecule has 1 aliphatic rings. The molecular weight excluding hydrogens is 172 g/mol. The summed E-state index contributed by atoms with van der Waals surface area (Å²) in [4.78, 5) is 23.5. The van der Waals surface area contributed by atoms with Crippen LogP contribution in [0.5, 0.6) is 0 Å². The van der Waals surface area contributed by atoms with Crippen molar-refractivity contribution in [3.63, 3.8) is 0 Å². The van der Waals surface area contributed by atoms with E-state index >= 15 is 0 Å². The van der Waals surface area contributed by atoms with Gasteiger partial charge in [-0.05, 0) is 13.0 Å². The van der Waals surface area contributed by atoms with Gasteiger partial charge in [-0.3, -0.25) is 14.5 Å². The van der Waals surface area contributed by atoms with Gasteiger partial charge in [0.25, 0.3) is 0 Å². The van der Waals surface area contributed by atoms with Gasteiger partial charge in [0.2, 0.25) is 11.8 Å². The van der Waals surface area contributed by atoms with Crippen molar-refractivity contribution in [1.29, 1.82) is 0 Å². The van der Waals surface area contributed by atoms with E-state index in [1.807, 2.05) is 0 Å². The summed E-state index contributed by atoms with van der Waals surface area (Å²) in [5.41, 5.74) is 0. The Morgan fingerprint density at radius 1 is 1.62 bits per heavy atom. The highest BCUT2D eigenvalue weighted by atomic mass is 16.3. The Balaban J connectivity index is 2.36. The molecule has 0 aromatic carbocycles. The molecule has 0 bridgehead atoms. The van der Waals surface area contributed by atoms with Crippen LogP contribution >= 0.6 is 0 Å². The number of carbonyl (C=O) groups excluding carboxylic acids is 2. The Bertz CT molecular complexity index is 217. The molecule has 1 unspecified atom stereocenters. The van der Waals surface area contributed by atoms with Crippen molar-refractivity contribution in [1.82, 2.24) is 10.2 Å². The molecule has 2 amide bonds. The number of aliphatic hydroxyl groups is 1. The van der Waals surface area contributed by atoms with Crippen LogP contribution in [0.4, 0.5) is 0 Å². The third-order valence-corrected chi connectivity index (χ3v) is 2.11. The molecule has 1 heterocycles. The highest BCUT2D eigenvalue weighted by Crippen LogP contribution is 2.09. The molecule has 0 aliphatic carbocycles. The van der Waals surface area contributed by atoms with Crippen molar-refractivity contribution in [2.45, 2.75) is 18.9 Å². The standard InChI is InChI=1S/C8H14N2O3/c1-10-7(12)5-6(8(10)13)9-3-2-4-11/h6,9,11H,2-5H2,1H3. The number of imide groups is 1. The molecule has 0 radical (unpaired) electrons. The van der Waals surface area contributed by atoms with E-state index in [-0.39, 0.29) is 30.9 Å². The number of likely N-dealkylation sites (tertiary alicyclic amines) is 1. The topological polar surface area (TPSA) is 69.6 Å². The monoisotopic (exact) mass is 186 g/mol. The number of hydrogen-bond donors (Lipinski definition) is 2. The molecule has 0 saturated carbocycles. The van der Waals surface area contributed by atoms with Crippen molar-refractivity contribution in [2.75, 3.05) is 20.2 Å². The molecule has 0 aromatic heterocycles. The number of aliphatic hydroxyl groups excluding tert-OH is 1. The molecule has 1 atom stereocenters. The molecule has 13 heavy (non-hydrogen) atoms. The quantitative estimate of drug-likeness (QED) is 0.423. The van der Waals surface area contributed by atoms with Gasteiger partial charge in [0.15, 0.2) is 0 Å². The Morgan fingerprint density at radius 2 is 2.31 bits per heavy atom. The van der Waals surface area contributed by atoms with Gasteiger partial charge < -0.3 is 10.4 Å². The van der Waals surface area contributed by atoms with Crippen molar-refractivity contribution in [2.24, 2.45) is 0 Å². The Morgan fingerprint density at radius 3 is 2.77 bits per heavy atom. The highest BCUT2D eigenvalue weighted by molar-refractivity contribution is 6.05. The Kier molecular flexibility index (Phi) is 3.39. The fourth-order valence-corrected chi connectivity index (χ4v) is 1.27. The molecule has 1 saturated heterocycles. The summed E-state index contributed by atoms with van der Waals surface area (Å²) in [6.07, 6.45) is 0.836. The zero-order valence-electron chi connectivity index (χ0n) is 7.62. The predicted molar refractivity (Wildman–Crippen MR) is 45.9 cm³/mol. The van der Waals surface area contributed by atoms with Crippen molar-refractivity contribution in [3.05, 3.63) is 0 Å². The fourth-order valence-electron chi connectivity index (χ4n) is 1.27. The van der Waals surface area contributed by atoms with Gasteiger partial charge in [0.05, 0.1) is 12.5 Å². The summed E-state index contributed by atoms with van der Waals surface area (Å²) in [7, 11) is 1.48. The van der Waals surface area contributed by atoms with E-state index in [9.17, 15) is 9.59 Å². The van der Waals surface area contributed by atoms with Gasteiger partial charge in [0, 0.05) is 13.7 Å². The zero-order chi connectivity index (χ0) is 9.84. The average molecular weight is 186 g/mol. The first kappa shape index (κ1) is 10.1. The molecule has 1 fully saturated rings. The number of likely N-dealkylation sites (N-methyl/N-ethyl adjacent to an activating group) is 1. The number of amides is 2. The largest absolute Gasteiger partial charge is 0.396 e. The number of nitrogens with zero attached hydrogens (tertiary/aromatic N) is 1. The first-order valence-corrected chi connectivity index (χ1v) is 4.31.